The number of fused-ring (bicyclic) bond motifs is 1. The predicted molar refractivity (Wildman–Crippen MR) is 133 cm³/mol. The molecule has 168 valence electrons. The van der Waals surface area contributed by atoms with Crippen LogP contribution in [0.5, 0.6) is 5.75 Å². The largest absolute Gasteiger partial charge is 0.497 e. The second-order valence-corrected chi connectivity index (χ2v) is 8.49. The Kier molecular flexibility index (Phi) is 7.10. The van der Waals surface area contributed by atoms with Crippen molar-refractivity contribution in [2.75, 3.05) is 18.2 Å². The highest BCUT2D eigenvalue weighted by Crippen LogP contribution is 2.23. The number of aromatic nitrogens is 2. The van der Waals surface area contributed by atoms with Crippen LogP contribution in [0.25, 0.3) is 10.8 Å². The van der Waals surface area contributed by atoms with E-state index in [1.807, 2.05) is 25.1 Å². The summed E-state index contributed by atoms with van der Waals surface area (Å²) in [6.07, 6.45) is 1.14. The molecule has 4 rings (SSSR count). The molecule has 1 amide bonds. The van der Waals surface area contributed by atoms with E-state index in [2.05, 4.69) is 34.6 Å². The second kappa shape index (κ2) is 10.4. The zero-order valence-electron chi connectivity index (χ0n) is 18.6. The normalized spacial score (nSPS) is 10.8. The first-order valence-electron chi connectivity index (χ1n) is 10.7. The summed E-state index contributed by atoms with van der Waals surface area (Å²) in [5.41, 5.74) is 3.07. The van der Waals surface area contributed by atoms with Crippen LogP contribution in [0.2, 0.25) is 0 Å². The van der Waals surface area contributed by atoms with Crippen LogP contribution in [0, 0.1) is 0 Å². The first kappa shape index (κ1) is 22.6. The number of carbonyl (C=O) groups excluding carboxylic acids is 1. The molecule has 0 spiro atoms. The summed E-state index contributed by atoms with van der Waals surface area (Å²) in [7, 11) is 1.59. The lowest BCUT2D eigenvalue weighted by molar-refractivity contribution is -0.113. The van der Waals surface area contributed by atoms with Gasteiger partial charge in [-0.25, -0.2) is 4.98 Å². The van der Waals surface area contributed by atoms with Crippen LogP contribution in [0.3, 0.4) is 0 Å². The van der Waals surface area contributed by atoms with Gasteiger partial charge in [0.2, 0.25) is 5.91 Å². The van der Waals surface area contributed by atoms with Crippen molar-refractivity contribution in [1.29, 1.82) is 0 Å². The van der Waals surface area contributed by atoms with Crippen molar-refractivity contribution in [3.05, 3.63) is 93.9 Å². The van der Waals surface area contributed by atoms with E-state index in [9.17, 15) is 9.59 Å². The van der Waals surface area contributed by atoms with Crippen molar-refractivity contribution in [2.45, 2.75) is 24.9 Å². The van der Waals surface area contributed by atoms with E-state index in [1.54, 1.807) is 31.4 Å². The van der Waals surface area contributed by atoms with E-state index in [0.29, 0.717) is 29.2 Å². The summed E-state index contributed by atoms with van der Waals surface area (Å²) >= 11 is 1.21. The molecule has 4 aromatic rings. The number of hydrogen-bond donors (Lipinski definition) is 2. The molecule has 0 saturated heterocycles. The van der Waals surface area contributed by atoms with Crippen LogP contribution in [-0.2, 0) is 17.6 Å². The number of H-pyrrole nitrogens is 1. The van der Waals surface area contributed by atoms with Crippen molar-refractivity contribution in [2.24, 2.45) is 0 Å². The second-order valence-electron chi connectivity index (χ2n) is 7.53. The fourth-order valence-corrected chi connectivity index (χ4v) is 4.41. The third kappa shape index (κ3) is 5.43. The number of thioether (sulfide) groups is 1. The highest BCUT2D eigenvalue weighted by molar-refractivity contribution is 7.99. The van der Waals surface area contributed by atoms with Gasteiger partial charge in [0.05, 0.1) is 18.6 Å². The minimum absolute atomic E-state index is 0.133. The Morgan fingerprint density at radius 3 is 2.58 bits per heavy atom. The average Bonchev–Trinajstić information content (AvgIpc) is 2.83. The first-order valence-corrected chi connectivity index (χ1v) is 11.7. The molecule has 33 heavy (non-hydrogen) atoms. The Morgan fingerprint density at radius 2 is 1.82 bits per heavy atom. The number of hydrogen-bond acceptors (Lipinski definition) is 5. The van der Waals surface area contributed by atoms with Gasteiger partial charge in [0.1, 0.15) is 5.75 Å². The number of amides is 1. The number of nitrogens with zero attached hydrogens (tertiary/aromatic N) is 1. The monoisotopic (exact) mass is 459 g/mol. The summed E-state index contributed by atoms with van der Waals surface area (Å²) in [4.78, 5) is 32.7. The molecular formula is C26H25N3O3S. The lowest BCUT2D eigenvalue weighted by Crippen LogP contribution is -2.20. The first-order chi connectivity index (χ1) is 16.1. The third-order valence-corrected chi connectivity index (χ3v) is 6.26. The SMILES string of the molecule is CCc1c(Cc2cccc3ccccc23)nc(SCC(=O)Nc2ccc(OC)cc2)[nH]c1=O. The molecule has 0 saturated carbocycles. The maximum absolute atomic E-state index is 12.7. The number of benzene rings is 3. The zero-order chi connectivity index (χ0) is 23.2. The molecule has 0 atom stereocenters. The molecule has 0 bridgehead atoms. The number of rotatable bonds is 8. The van der Waals surface area contributed by atoms with Crippen LogP contribution >= 0.6 is 11.8 Å². The van der Waals surface area contributed by atoms with Crippen LogP contribution in [0.1, 0.15) is 23.7 Å². The lowest BCUT2D eigenvalue weighted by atomic mass is 9.99. The number of ether oxygens (including phenoxy) is 1. The molecule has 6 nitrogen and oxygen atoms in total. The molecular weight excluding hydrogens is 434 g/mol. The Hall–Kier alpha value is -3.58. The van der Waals surface area contributed by atoms with E-state index in [0.717, 1.165) is 27.8 Å². The molecule has 0 radical (unpaired) electrons. The Balaban J connectivity index is 1.51. The molecule has 0 fully saturated rings. The van der Waals surface area contributed by atoms with Gasteiger partial charge >= 0.3 is 0 Å². The summed E-state index contributed by atoms with van der Waals surface area (Å²) < 4.78 is 5.13. The standard InChI is InChI=1S/C26H25N3O3S/c1-3-21-23(15-18-9-6-8-17-7-4-5-10-22(17)18)28-26(29-25(21)31)33-16-24(30)27-19-11-13-20(32-2)14-12-19/h4-14H,3,15-16H2,1-2H3,(H,27,30)(H,28,29,31). The van der Waals surface area contributed by atoms with Crippen LogP contribution in [-0.4, -0.2) is 28.7 Å². The van der Waals surface area contributed by atoms with E-state index < -0.39 is 0 Å². The van der Waals surface area contributed by atoms with Gasteiger partial charge < -0.3 is 15.0 Å². The van der Waals surface area contributed by atoms with Crippen molar-refractivity contribution in [1.82, 2.24) is 9.97 Å². The summed E-state index contributed by atoms with van der Waals surface area (Å²) in [6.45, 7) is 1.95. The average molecular weight is 460 g/mol. The number of anilines is 1. The predicted octanol–water partition coefficient (Wildman–Crippen LogP) is 4.82. The summed E-state index contributed by atoms with van der Waals surface area (Å²) in [5, 5.41) is 5.59. The number of nitrogens with one attached hydrogen (secondary N) is 2. The van der Waals surface area contributed by atoms with Crippen molar-refractivity contribution in [3.63, 3.8) is 0 Å². The smallest absolute Gasteiger partial charge is 0.254 e. The van der Waals surface area contributed by atoms with Crippen LogP contribution in [0.15, 0.2) is 76.7 Å². The number of methoxy groups -OCH3 is 1. The van der Waals surface area contributed by atoms with Crippen molar-refractivity contribution >= 4 is 34.1 Å². The van der Waals surface area contributed by atoms with Crippen molar-refractivity contribution < 1.29 is 9.53 Å². The topological polar surface area (TPSA) is 84.1 Å². The summed E-state index contributed by atoms with van der Waals surface area (Å²) in [6, 6.07) is 21.5. The van der Waals surface area contributed by atoms with E-state index >= 15 is 0 Å². The maximum Gasteiger partial charge on any atom is 0.254 e. The molecule has 2 N–H and O–H groups in total. The highest BCUT2D eigenvalue weighted by atomic mass is 32.2. The molecule has 0 aliphatic heterocycles. The summed E-state index contributed by atoms with van der Waals surface area (Å²) in [5.74, 6) is 0.676. The van der Waals surface area contributed by atoms with Gasteiger partial charge in [0.15, 0.2) is 5.16 Å². The maximum atomic E-state index is 12.7. The van der Waals surface area contributed by atoms with Gasteiger partial charge in [0, 0.05) is 17.7 Å². The molecule has 0 aliphatic carbocycles. The number of carbonyl (C=O) groups is 1. The minimum atomic E-state index is -0.178. The van der Waals surface area contributed by atoms with Gasteiger partial charge in [0.25, 0.3) is 5.56 Å². The van der Waals surface area contributed by atoms with E-state index in [1.165, 1.54) is 11.8 Å². The third-order valence-electron chi connectivity index (χ3n) is 5.38. The lowest BCUT2D eigenvalue weighted by Gasteiger charge is -2.11. The van der Waals surface area contributed by atoms with Gasteiger partial charge in [-0.05, 0) is 47.0 Å². The van der Waals surface area contributed by atoms with Gasteiger partial charge in [-0.15, -0.1) is 0 Å². The van der Waals surface area contributed by atoms with Gasteiger partial charge in [-0.3, -0.25) is 9.59 Å². The number of aromatic amines is 1. The molecule has 0 unspecified atom stereocenters. The van der Waals surface area contributed by atoms with E-state index in [4.69, 9.17) is 9.72 Å². The van der Waals surface area contributed by atoms with Crippen LogP contribution in [0.4, 0.5) is 5.69 Å². The molecule has 0 aliphatic rings. The highest BCUT2D eigenvalue weighted by Gasteiger charge is 2.14. The van der Waals surface area contributed by atoms with Crippen LogP contribution < -0.4 is 15.6 Å². The van der Waals surface area contributed by atoms with Gasteiger partial charge in [-0.1, -0.05) is 61.2 Å². The Morgan fingerprint density at radius 1 is 1.06 bits per heavy atom. The fraction of sp³-hybridized carbons (Fsp3) is 0.192. The minimum Gasteiger partial charge on any atom is -0.497 e. The van der Waals surface area contributed by atoms with Gasteiger partial charge in [-0.2, -0.15) is 0 Å². The molecule has 7 heteroatoms. The Labute approximate surface area is 196 Å². The molecule has 1 aromatic heterocycles. The van der Waals surface area contributed by atoms with E-state index in [-0.39, 0.29) is 17.2 Å². The van der Waals surface area contributed by atoms with Crippen molar-refractivity contribution in [3.8, 4) is 5.75 Å². The molecule has 3 aromatic carbocycles. The molecule has 1 heterocycles. The quantitative estimate of drug-likeness (QED) is 0.292. The Bertz CT molecular complexity index is 1330. The zero-order valence-corrected chi connectivity index (χ0v) is 19.4. The fourth-order valence-electron chi connectivity index (χ4n) is 3.73.